The van der Waals surface area contributed by atoms with Gasteiger partial charge in [-0.2, -0.15) is 8.78 Å². The van der Waals surface area contributed by atoms with E-state index in [0.717, 1.165) is 5.56 Å². The molecule has 0 aliphatic rings. The van der Waals surface area contributed by atoms with Crippen molar-refractivity contribution in [1.29, 1.82) is 0 Å². The lowest BCUT2D eigenvalue weighted by atomic mass is 10.0. The topological polar surface area (TPSA) is 46.5 Å². The third-order valence-corrected chi connectivity index (χ3v) is 3.88. The van der Waals surface area contributed by atoms with Crippen LogP contribution in [0.4, 0.5) is 22.0 Å². The number of ether oxygens (including phenoxy) is 1. The van der Waals surface area contributed by atoms with Gasteiger partial charge >= 0.3 is 5.97 Å². The molecule has 28 heavy (non-hydrogen) atoms. The minimum Gasteiger partial charge on any atom is -0.507 e. The molecule has 1 N–H and O–H groups in total. The molecule has 3 rings (SSSR count). The van der Waals surface area contributed by atoms with Crippen LogP contribution in [0.15, 0.2) is 48.5 Å². The Bertz CT molecular complexity index is 1020. The van der Waals surface area contributed by atoms with E-state index < -0.39 is 47.2 Å². The first-order valence-corrected chi connectivity index (χ1v) is 7.89. The van der Waals surface area contributed by atoms with E-state index in [4.69, 9.17) is 0 Å². The normalized spacial score (nSPS) is 10.8. The van der Waals surface area contributed by atoms with Crippen molar-refractivity contribution in [3.63, 3.8) is 0 Å². The Hall–Kier alpha value is -3.42. The summed E-state index contributed by atoms with van der Waals surface area (Å²) in [5.41, 5.74) is 1.42. The van der Waals surface area contributed by atoms with Gasteiger partial charge in [-0.25, -0.2) is 13.2 Å². The monoisotopic (exact) mass is 394 g/mol. The van der Waals surface area contributed by atoms with Gasteiger partial charge in [-0.15, -0.1) is 0 Å². The summed E-state index contributed by atoms with van der Waals surface area (Å²) < 4.78 is 70.8. The Kier molecular flexibility index (Phi) is 5.30. The van der Waals surface area contributed by atoms with Crippen LogP contribution >= 0.6 is 0 Å². The number of phenols is 1. The van der Waals surface area contributed by atoms with Gasteiger partial charge in [0.25, 0.3) is 0 Å². The van der Waals surface area contributed by atoms with Gasteiger partial charge in [0.05, 0.1) is 6.42 Å². The maximum absolute atomic E-state index is 13.6. The molecule has 144 valence electrons. The summed E-state index contributed by atoms with van der Waals surface area (Å²) in [7, 11) is 0. The molecule has 0 heterocycles. The Morgan fingerprint density at radius 1 is 0.821 bits per heavy atom. The van der Waals surface area contributed by atoms with E-state index in [0.29, 0.717) is 5.56 Å². The van der Waals surface area contributed by atoms with Crippen LogP contribution in [0.5, 0.6) is 11.5 Å². The molecule has 0 aliphatic carbocycles. The van der Waals surface area contributed by atoms with Crippen molar-refractivity contribution < 1.29 is 36.6 Å². The number of esters is 1. The first kappa shape index (κ1) is 19.3. The second kappa shape index (κ2) is 7.67. The third-order valence-electron chi connectivity index (χ3n) is 3.88. The van der Waals surface area contributed by atoms with Gasteiger partial charge in [0.15, 0.2) is 0 Å². The second-order valence-electron chi connectivity index (χ2n) is 5.77. The van der Waals surface area contributed by atoms with Crippen LogP contribution in [0.25, 0.3) is 11.1 Å². The number of carbonyl (C=O) groups is 1. The summed E-state index contributed by atoms with van der Waals surface area (Å²) in [5.74, 6) is -14.4. The van der Waals surface area contributed by atoms with Gasteiger partial charge in [0.2, 0.25) is 34.8 Å². The van der Waals surface area contributed by atoms with Crippen molar-refractivity contribution >= 4 is 5.97 Å². The highest BCUT2D eigenvalue weighted by molar-refractivity contribution is 5.77. The van der Waals surface area contributed by atoms with Crippen LogP contribution in [-0.2, 0) is 11.2 Å². The van der Waals surface area contributed by atoms with E-state index in [1.807, 2.05) is 0 Å². The Morgan fingerprint density at radius 3 is 1.96 bits per heavy atom. The summed E-state index contributed by atoms with van der Waals surface area (Å²) in [4.78, 5) is 11.9. The Morgan fingerprint density at radius 2 is 1.39 bits per heavy atom. The van der Waals surface area contributed by atoms with E-state index in [1.54, 1.807) is 30.3 Å². The summed E-state index contributed by atoms with van der Waals surface area (Å²) in [6.45, 7) is 0. The molecule has 3 nitrogen and oxygen atoms in total. The largest absolute Gasteiger partial charge is 0.507 e. The number of rotatable bonds is 4. The van der Waals surface area contributed by atoms with Crippen LogP contribution in [0.1, 0.15) is 5.56 Å². The third kappa shape index (κ3) is 3.66. The average molecular weight is 394 g/mol. The molecule has 0 saturated carbocycles. The lowest BCUT2D eigenvalue weighted by molar-refractivity contribution is -0.134. The molecule has 0 saturated heterocycles. The Labute approximate surface area is 155 Å². The van der Waals surface area contributed by atoms with Crippen LogP contribution in [0.2, 0.25) is 0 Å². The first-order chi connectivity index (χ1) is 13.3. The lowest BCUT2D eigenvalue weighted by Crippen LogP contribution is -2.15. The summed E-state index contributed by atoms with van der Waals surface area (Å²) in [5, 5.41) is 10.1. The highest BCUT2D eigenvalue weighted by Crippen LogP contribution is 2.31. The number of hydrogen-bond acceptors (Lipinski definition) is 3. The zero-order valence-corrected chi connectivity index (χ0v) is 14.0. The van der Waals surface area contributed by atoms with Gasteiger partial charge < -0.3 is 9.84 Å². The molecule has 3 aromatic carbocycles. The molecule has 0 unspecified atom stereocenters. The number of benzene rings is 3. The van der Waals surface area contributed by atoms with Crippen molar-refractivity contribution in [2.45, 2.75) is 6.42 Å². The van der Waals surface area contributed by atoms with Gasteiger partial charge in [0, 0.05) is 5.56 Å². The molecular formula is C20H11F5O3. The minimum absolute atomic E-state index is 0.160. The fraction of sp³-hybridized carbons (Fsp3) is 0.0500. The fourth-order valence-corrected chi connectivity index (χ4v) is 2.54. The molecule has 0 aromatic heterocycles. The van der Waals surface area contributed by atoms with Crippen LogP contribution in [0, 0.1) is 29.1 Å². The molecule has 8 heteroatoms. The molecule has 0 amide bonds. The Balaban J connectivity index is 1.81. The smallest absolute Gasteiger partial charge is 0.315 e. The molecule has 0 radical (unpaired) electrons. The highest BCUT2D eigenvalue weighted by Gasteiger charge is 2.28. The van der Waals surface area contributed by atoms with Gasteiger partial charge in [-0.3, -0.25) is 4.79 Å². The van der Waals surface area contributed by atoms with Gasteiger partial charge in [-0.05, 0) is 17.2 Å². The van der Waals surface area contributed by atoms with E-state index in [1.165, 1.54) is 18.2 Å². The van der Waals surface area contributed by atoms with Crippen molar-refractivity contribution in [3.05, 3.63) is 83.2 Å². The van der Waals surface area contributed by atoms with Crippen LogP contribution in [-0.4, -0.2) is 11.1 Å². The number of carbonyl (C=O) groups excluding carboxylic acids is 1. The molecule has 0 fully saturated rings. The van der Waals surface area contributed by atoms with Gasteiger partial charge in [0.1, 0.15) is 5.75 Å². The average Bonchev–Trinajstić information content (AvgIpc) is 2.69. The molecule has 0 spiro atoms. The standard InChI is InChI=1S/C20H11F5O3/c21-15-16(22)18(24)20(19(25)17(15)23)28-14(27)9-10-6-7-12(13(26)8-10)11-4-2-1-3-5-11/h1-8,26H,9H2. The highest BCUT2D eigenvalue weighted by atomic mass is 19.2. The van der Waals surface area contributed by atoms with Crippen LogP contribution < -0.4 is 4.74 Å². The SMILES string of the molecule is O=C(Cc1ccc(-c2ccccc2)c(O)c1)Oc1c(F)c(F)c(F)c(F)c1F. The summed E-state index contributed by atoms with van der Waals surface area (Å²) in [6.07, 6.45) is -0.567. The predicted molar refractivity (Wildman–Crippen MR) is 89.1 cm³/mol. The quantitative estimate of drug-likeness (QED) is 0.225. The lowest BCUT2D eigenvalue weighted by Gasteiger charge is -2.10. The van der Waals surface area contributed by atoms with E-state index in [2.05, 4.69) is 4.74 Å². The molecule has 0 bridgehead atoms. The number of aromatic hydroxyl groups is 1. The molecule has 3 aromatic rings. The maximum Gasteiger partial charge on any atom is 0.315 e. The van der Waals surface area contributed by atoms with E-state index >= 15 is 0 Å². The van der Waals surface area contributed by atoms with Crippen molar-refractivity contribution in [1.82, 2.24) is 0 Å². The number of hydrogen-bond donors (Lipinski definition) is 1. The van der Waals surface area contributed by atoms with E-state index in [9.17, 15) is 31.9 Å². The van der Waals surface area contributed by atoms with Crippen molar-refractivity contribution in [2.24, 2.45) is 0 Å². The van der Waals surface area contributed by atoms with E-state index in [-0.39, 0.29) is 11.3 Å². The van der Waals surface area contributed by atoms with Crippen molar-refractivity contribution in [3.8, 4) is 22.6 Å². The van der Waals surface area contributed by atoms with Crippen LogP contribution in [0.3, 0.4) is 0 Å². The minimum atomic E-state index is -2.35. The molecular weight excluding hydrogens is 383 g/mol. The summed E-state index contributed by atoms with van der Waals surface area (Å²) >= 11 is 0. The second-order valence-corrected chi connectivity index (χ2v) is 5.77. The van der Waals surface area contributed by atoms with Crippen molar-refractivity contribution in [2.75, 3.05) is 0 Å². The summed E-state index contributed by atoms with van der Waals surface area (Å²) in [6, 6.07) is 13.1. The zero-order chi connectivity index (χ0) is 20.4. The molecule has 0 aliphatic heterocycles. The fourth-order valence-electron chi connectivity index (χ4n) is 2.54. The first-order valence-electron chi connectivity index (χ1n) is 7.89. The molecule has 0 atom stereocenters. The maximum atomic E-state index is 13.6. The zero-order valence-electron chi connectivity index (χ0n) is 14.0. The predicted octanol–water partition coefficient (Wildman–Crippen LogP) is 4.90. The number of halogens is 5. The van der Waals surface area contributed by atoms with Gasteiger partial charge in [-0.1, -0.05) is 42.5 Å². The number of phenolic OH excluding ortho intramolecular Hbond substituents is 1.